The number of aromatic nitrogens is 1. The Kier molecular flexibility index (Phi) is 4.16. The van der Waals surface area contributed by atoms with E-state index < -0.39 is 0 Å². The van der Waals surface area contributed by atoms with Gasteiger partial charge in [-0.1, -0.05) is 54.1 Å². The van der Waals surface area contributed by atoms with Gasteiger partial charge >= 0.3 is 0 Å². The first kappa shape index (κ1) is 16.5. The molecule has 0 fully saturated rings. The average molecular weight is 351 g/mol. The molecule has 0 radical (unpaired) electrons. The van der Waals surface area contributed by atoms with E-state index in [1.807, 2.05) is 12.3 Å². The first-order valence-corrected chi connectivity index (χ1v) is 10.1. The van der Waals surface area contributed by atoms with Crippen LogP contribution in [0.15, 0.2) is 72.4 Å². The maximum absolute atomic E-state index is 4.61. The largest absolute Gasteiger partial charge is 0.261 e. The fourth-order valence-electron chi connectivity index (χ4n) is 4.87. The van der Waals surface area contributed by atoms with Crippen molar-refractivity contribution >= 4 is 5.57 Å². The molecule has 0 saturated carbocycles. The van der Waals surface area contributed by atoms with Gasteiger partial charge in [0.2, 0.25) is 0 Å². The summed E-state index contributed by atoms with van der Waals surface area (Å²) >= 11 is 0. The number of hydrogen-bond acceptors (Lipinski definition) is 1. The molecule has 27 heavy (non-hydrogen) atoms. The summed E-state index contributed by atoms with van der Waals surface area (Å²) in [5.74, 6) is 0.458. The standard InChI is InChI=1S/C26H25N/c1-18-23(14-19-8-3-2-4-9-19)25-15-20-10-7-11-21(20)16-26(25)24(18)17-22-12-5-6-13-27-22/h2-6,8-9,12-13,15-16,24H,7,10-11,14,17H2,1H3. The average Bonchev–Trinajstić information content (AvgIpc) is 3.26. The van der Waals surface area contributed by atoms with Crippen LogP contribution in [0.3, 0.4) is 0 Å². The molecule has 3 aromatic rings. The summed E-state index contributed by atoms with van der Waals surface area (Å²) in [7, 11) is 0. The van der Waals surface area contributed by atoms with Crippen LogP contribution in [0.4, 0.5) is 0 Å². The molecule has 1 heteroatoms. The third-order valence-corrected chi connectivity index (χ3v) is 6.33. The minimum atomic E-state index is 0.458. The molecule has 0 aliphatic heterocycles. The van der Waals surface area contributed by atoms with Gasteiger partial charge in [0, 0.05) is 24.2 Å². The van der Waals surface area contributed by atoms with Crippen molar-refractivity contribution in [2.75, 3.05) is 0 Å². The number of nitrogens with zero attached hydrogens (tertiary/aromatic N) is 1. The highest BCUT2D eigenvalue weighted by Crippen LogP contribution is 2.46. The van der Waals surface area contributed by atoms with E-state index in [-0.39, 0.29) is 0 Å². The van der Waals surface area contributed by atoms with Crippen LogP contribution in [0, 0.1) is 0 Å². The van der Waals surface area contributed by atoms with Gasteiger partial charge in [0.25, 0.3) is 0 Å². The van der Waals surface area contributed by atoms with E-state index in [4.69, 9.17) is 0 Å². The minimum absolute atomic E-state index is 0.458. The van der Waals surface area contributed by atoms with Crippen molar-refractivity contribution in [2.45, 2.75) is 44.9 Å². The third-order valence-electron chi connectivity index (χ3n) is 6.33. The Morgan fingerprint density at radius 3 is 2.48 bits per heavy atom. The van der Waals surface area contributed by atoms with Crippen LogP contribution >= 0.6 is 0 Å². The molecule has 1 nitrogen and oxygen atoms in total. The minimum Gasteiger partial charge on any atom is -0.261 e. The van der Waals surface area contributed by atoms with E-state index in [1.165, 1.54) is 52.8 Å². The first-order valence-electron chi connectivity index (χ1n) is 10.1. The molecule has 5 rings (SSSR count). The van der Waals surface area contributed by atoms with Crippen LogP contribution in [-0.2, 0) is 25.7 Å². The summed E-state index contributed by atoms with van der Waals surface area (Å²) < 4.78 is 0. The molecule has 1 atom stereocenters. The van der Waals surface area contributed by atoms with Crippen LogP contribution in [0.2, 0.25) is 0 Å². The maximum Gasteiger partial charge on any atom is 0.0412 e. The topological polar surface area (TPSA) is 12.9 Å². The van der Waals surface area contributed by atoms with Gasteiger partial charge in [-0.2, -0.15) is 0 Å². The van der Waals surface area contributed by atoms with Crippen molar-refractivity contribution in [1.29, 1.82) is 0 Å². The fraction of sp³-hybridized carbons (Fsp3) is 0.269. The highest BCUT2D eigenvalue weighted by molar-refractivity contribution is 5.80. The van der Waals surface area contributed by atoms with Gasteiger partial charge in [-0.25, -0.2) is 0 Å². The first-order chi connectivity index (χ1) is 13.3. The number of rotatable bonds is 4. The van der Waals surface area contributed by atoms with Crippen molar-refractivity contribution in [3.63, 3.8) is 0 Å². The Labute approximate surface area is 161 Å². The molecule has 2 aromatic carbocycles. The normalized spacial score (nSPS) is 17.9. The van der Waals surface area contributed by atoms with Crippen molar-refractivity contribution in [2.24, 2.45) is 0 Å². The zero-order valence-electron chi connectivity index (χ0n) is 15.9. The van der Waals surface area contributed by atoms with Crippen LogP contribution in [-0.4, -0.2) is 4.98 Å². The second-order valence-corrected chi connectivity index (χ2v) is 7.96. The van der Waals surface area contributed by atoms with Crippen LogP contribution < -0.4 is 0 Å². The molecule has 0 N–H and O–H groups in total. The summed E-state index contributed by atoms with van der Waals surface area (Å²) in [6.07, 6.45) is 7.72. The van der Waals surface area contributed by atoms with Gasteiger partial charge in [-0.3, -0.25) is 4.98 Å². The monoisotopic (exact) mass is 351 g/mol. The van der Waals surface area contributed by atoms with Crippen molar-refractivity contribution < 1.29 is 0 Å². The Bertz CT molecular complexity index is 999. The lowest BCUT2D eigenvalue weighted by atomic mass is 9.90. The van der Waals surface area contributed by atoms with E-state index in [9.17, 15) is 0 Å². The number of pyridine rings is 1. The van der Waals surface area contributed by atoms with E-state index in [2.05, 4.69) is 66.5 Å². The van der Waals surface area contributed by atoms with Gasteiger partial charge in [0.1, 0.15) is 0 Å². The Hall–Kier alpha value is -2.67. The van der Waals surface area contributed by atoms with Gasteiger partial charge in [-0.05, 0) is 78.1 Å². The summed E-state index contributed by atoms with van der Waals surface area (Å²) in [5, 5.41) is 0. The van der Waals surface area contributed by atoms with E-state index in [1.54, 1.807) is 11.1 Å². The van der Waals surface area contributed by atoms with Crippen LogP contribution in [0.25, 0.3) is 5.57 Å². The van der Waals surface area contributed by atoms with E-state index >= 15 is 0 Å². The molecule has 134 valence electrons. The van der Waals surface area contributed by atoms with Crippen LogP contribution in [0.1, 0.15) is 52.8 Å². The summed E-state index contributed by atoms with van der Waals surface area (Å²) in [6.45, 7) is 2.34. The molecule has 0 spiro atoms. The molecular weight excluding hydrogens is 326 g/mol. The van der Waals surface area contributed by atoms with Crippen LogP contribution in [0.5, 0.6) is 0 Å². The van der Waals surface area contributed by atoms with Crippen molar-refractivity contribution in [1.82, 2.24) is 4.98 Å². The molecule has 0 bridgehead atoms. The second kappa shape index (κ2) is 6.81. The van der Waals surface area contributed by atoms with Crippen molar-refractivity contribution in [3.05, 3.63) is 106 Å². The fourth-order valence-corrected chi connectivity index (χ4v) is 4.87. The summed E-state index contributed by atoms with van der Waals surface area (Å²) in [6, 6.07) is 22.2. The van der Waals surface area contributed by atoms with Crippen molar-refractivity contribution in [3.8, 4) is 0 Å². The van der Waals surface area contributed by atoms with E-state index in [0.717, 1.165) is 12.8 Å². The number of benzene rings is 2. The molecule has 2 aliphatic carbocycles. The maximum atomic E-state index is 4.61. The van der Waals surface area contributed by atoms with Gasteiger partial charge < -0.3 is 0 Å². The molecular formula is C26H25N. The van der Waals surface area contributed by atoms with Gasteiger partial charge in [0.05, 0.1) is 0 Å². The molecule has 1 unspecified atom stereocenters. The second-order valence-electron chi connectivity index (χ2n) is 7.96. The third kappa shape index (κ3) is 3.02. The summed E-state index contributed by atoms with van der Waals surface area (Å²) in [5.41, 5.74) is 11.8. The molecule has 2 aliphatic rings. The SMILES string of the molecule is CC1=C(Cc2ccccc2)c2cc3c(cc2C1Cc1ccccn1)CCC3. The lowest BCUT2D eigenvalue weighted by Crippen LogP contribution is -2.04. The lowest BCUT2D eigenvalue weighted by Gasteiger charge is -2.15. The number of aryl methyl sites for hydroxylation is 2. The zero-order chi connectivity index (χ0) is 18.2. The lowest BCUT2D eigenvalue weighted by molar-refractivity contribution is 0.779. The Balaban J connectivity index is 1.59. The van der Waals surface area contributed by atoms with Gasteiger partial charge in [0.15, 0.2) is 0 Å². The molecule has 1 heterocycles. The molecule has 0 amide bonds. The number of hydrogen-bond donors (Lipinski definition) is 0. The highest BCUT2D eigenvalue weighted by Gasteiger charge is 2.31. The quantitative estimate of drug-likeness (QED) is 0.568. The smallest absolute Gasteiger partial charge is 0.0412 e. The predicted octanol–water partition coefficient (Wildman–Crippen LogP) is 5.93. The van der Waals surface area contributed by atoms with E-state index in [0.29, 0.717) is 5.92 Å². The molecule has 0 saturated heterocycles. The predicted molar refractivity (Wildman–Crippen MR) is 112 cm³/mol. The highest BCUT2D eigenvalue weighted by atomic mass is 14.7. The number of allylic oxidation sites excluding steroid dienone is 2. The number of fused-ring (bicyclic) bond motifs is 2. The zero-order valence-corrected chi connectivity index (χ0v) is 15.9. The molecule has 1 aromatic heterocycles. The summed E-state index contributed by atoms with van der Waals surface area (Å²) in [4.78, 5) is 4.61. The Morgan fingerprint density at radius 2 is 1.70 bits per heavy atom. The van der Waals surface area contributed by atoms with Gasteiger partial charge in [-0.15, -0.1) is 0 Å². The Morgan fingerprint density at radius 1 is 0.926 bits per heavy atom.